The molecule has 0 bridgehead atoms. The van der Waals surface area contributed by atoms with E-state index in [9.17, 15) is 0 Å². The molecule has 7 heteroatoms. The minimum Gasteiger partial charge on any atom is -0.497 e. The van der Waals surface area contributed by atoms with Gasteiger partial charge in [0, 0.05) is 17.5 Å². The molecule has 0 spiro atoms. The van der Waals surface area contributed by atoms with Crippen LogP contribution in [0.15, 0.2) is 48.5 Å². The van der Waals surface area contributed by atoms with Crippen molar-refractivity contribution in [2.45, 2.75) is 6.42 Å². The normalized spacial score (nSPS) is 11.2. The molecule has 0 fully saturated rings. The number of nitrogens with zero attached hydrogens (tertiary/aromatic N) is 4. The number of rotatable bonds is 7. The Bertz CT molecular complexity index is 1060. The quantitative estimate of drug-likeness (QED) is 0.492. The Morgan fingerprint density at radius 2 is 1.81 bits per heavy atom. The number of methoxy groups -OCH3 is 1. The highest BCUT2D eigenvalue weighted by Crippen LogP contribution is 2.27. The molecule has 2 aromatic carbocycles. The standard InChI is InChI=1S/C20H22N6O/c1-21-12-5-13-22-20-23-17-7-4-3-6-16(17)19-25-24-18(26(19)20)14-8-10-15(27-2)11-9-14/h3-4,6-11,21H,5,12-13H2,1-2H3,(H,22,23). The maximum atomic E-state index is 5.26. The van der Waals surface area contributed by atoms with Crippen molar-refractivity contribution in [3.8, 4) is 17.1 Å². The molecule has 0 saturated carbocycles. The van der Waals surface area contributed by atoms with Gasteiger partial charge in [-0.3, -0.25) is 0 Å². The van der Waals surface area contributed by atoms with Gasteiger partial charge in [-0.2, -0.15) is 0 Å². The summed E-state index contributed by atoms with van der Waals surface area (Å²) in [5.41, 5.74) is 2.65. The lowest BCUT2D eigenvalue weighted by atomic mass is 10.2. The van der Waals surface area contributed by atoms with Crippen molar-refractivity contribution in [1.82, 2.24) is 24.9 Å². The van der Waals surface area contributed by atoms with E-state index in [1.807, 2.05) is 60.0 Å². The number of hydrogen-bond donors (Lipinski definition) is 2. The van der Waals surface area contributed by atoms with Crippen LogP contribution in [0.3, 0.4) is 0 Å². The second-order valence-electron chi connectivity index (χ2n) is 6.25. The Morgan fingerprint density at radius 3 is 2.59 bits per heavy atom. The van der Waals surface area contributed by atoms with Crippen LogP contribution in [-0.4, -0.2) is 46.8 Å². The zero-order valence-corrected chi connectivity index (χ0v) is 15.4. The Hall–Kier alpha value is -3.19. The highest BCUT2D eigenvalue weighted by atomic mass is 16.5. The second-order valence-corrected chi connectivity index (χ2v) is 6.25. The molecule has 7 nitrogen and oxygen atoms in total. The monoisotopic (exact) mass is 362 g/mol. The molecular formula is C20H22N6O. The molecule has 0 saturated heterocycles. The van der Waals surface area contributed by atoms with Crippen LogP contribution in [0, 0.1) is 0 Å². The molecule has 0 aliphatic rings. The predicted molar refractivity (Wildman–Crippen MR) is 107 cm³/mol. The molecule has 0 unspecified atom stereocenters. The van der Waals surface area contributed by atoms with Gasteiger partial charge in [-0.25, -0.2) is 9.38 Å². The van der Waals surface area contributed by atoms with E-state index in [1.165, 1.54) is 0 Å². The number of benzene rings is 2. The third-order valence-electron chi connectivity index (χ3n) is 4.48. The summed E-state index contributed by atoms with van der Waals surface area (Å²) >= 11 is 0. The van der Waals surface area contributed by atoms with Gasteiger partial charge in [0.1, 0.15) is 5.75 Å². The molecule has 0 amide bonds. The van der Waals surface area contributed by atoms with Gasteiger partial charge in [0.05, 0.1) is 12.6 Å². The van der Waals surface area contributed by atoms with Gasteiger partial charge in [0.2, 0.25) is 5.95 Å². The minimum absolute atomic E-state index is 0.746. The Kier molecular flexibility index (Phi) is 4.84. The summed E-state index contributed by atoms with van der Waals surface area (Å²) in [6.07, 6.45) is 0.993. The van der Waals surface area contributed by atoms with Gasteiger partial charge in [-0.05, 0) is 56.4 Å². The van der Waals surface area contributed by atoms with E-state index in [4.69, 9.17) is 9.72 Å². The molecule has 0 aliphatic heterocycles. The fourth-order valence-corrected chi connectivity index (χ4v) is 3.09. The first-order chi connectivity index (χ1) is 13.3. The second kappa shape index (κ2) is 7.59. The number of aromatic nitrogens is 4. The fraction of sp³-hybridized carbons (Fsp3) is 0.250. The Labute approximate surface area is 157 Å². The van der Waals surface area contributed by atoms with Crippen LogP contribution in [0.5, 0.6) is 5.75 Å². The maximum absolute atomic E-state index is 5.26. The third-order valence-corrected chi connectivity index (χ3v) is 4.48. The number of nitrogens with one attached hydrogen (secondary N) is 2. The first-order valence-electron chi connectivity index (χ1n) is 8.98. The van der Waals surface area contributed by atoms with Gasteiger partial charge in [0.15, 0.2) is 11.5 Å². The molecule has 138 valence electrons. The highest BCUT2D eigenvalue weighted by Gasteiger charge is 2.16. The molecule has 0 radical (unpaired) electrons. The van der Waals surface area contributed by atoms with Crippen LogP contribution in [0.25, 0.3) is 27.9 Å². The van der Waals surface area contributed by atoms with Crippen LogP contribution in [0.2, 0.25) is 0 Å². The SMILES string of the molecule is CNCCCNc1nc2ccccc2c2nnc(-c3ccc(OC)cc3)n12. The molecule has 27 heavy (non-hydrogen) atoms. The Balaban J connectivity index is 1.85. The third kappa shape index (κ3) is 3.29. The van der Waals surface area contributed by atoms with E-state index in [0.29, 0.717) is 0 Å². The molecule has 0 aliphatic carbocycles. The van der Waals surface area contributed by atoms with Gasteiger partial charge < -0.3 is 15.4 Å². The summed E-state index contributed by atoms with van der Waals surface area (Å²) < 4.78 is 7.25. The van der Waals surface area contributed by atoms with E-state index in [-0.39, 0.29) is 0 Å². The van der Waals surface area contributed by atoms with Gasteiger partial charge in [-0.1, -0.05) is 12.1 Å². The molecule has 2 heterocycles. The number of hydrogen-bond acceptors (Lipinski definition) is 6. The number of fused-ring (bicyclic) bond motifs is 3. The summed E-state index contributed by atoms with van der Waals surface area (Å²) in [6.45, 7) is 1.75. The van der Waals surface area contributed by atoms with Gasteiger partial charge in [-0.15, -0.1) is 10.2 Å². The fourth-order valence-electron chi connectivity index (χ4n) is 3.09. The van der Waals surface area contributed by atoms with E-state index >= 15 is 0 Å². The maximum Gasteiger partial charge on any atom is 0.211 e. The summed E-state index contributed by atoms with van der Waals surface area (Å²) in [7, 11) is 3.61. The Morgan fingerprint density at radius 1 is 1.00 bits per heavy atom. The van der Waals surface area contributed by atoms with E-state index in [1.54, 1.807) is 7.11 Å². The van der Waals surface area contributed by atoms with E-state index in [0.717, 1.165) is 59.1 Å². The molecule has 4 aromatic rings. The number of anilines is 1. The largest absolute Gasteiger partial charge is 0.497 e. The molecule has 2 aromatic heterocycles. The van der Waals surface area contributed by atoms with Crippen molar-refractivity contribution in [2.75, 3.05) is 32.6 Å². The van der Waals surface area contributed by atoms with Gasteiger partial charge >= 0.3 is 0 Å². The molecule has 2 N–H and O–H groups in total. The van der Waals surface area contributed by atoms with Crippen molar-refractivity contribution in [3.63, 3.8) is 0 Å². The minimum atomic E-state index is 0.746. The number of ether oxygens (including phenoxy) is 1. The van der Waals surface area contributed by atoms with Crippen molar-refractivity contribution in [3.05, 3.63) is 48.5 Å². The topological polar surface area (TPSA) is 76.4 Å². The number of para-hydroxylation sites is 1. The molecular weight excluding hydrogens is 340 g/mol. The lowest BCUT2D eigenvalue weighted by molar-refractivity contribution is 0.415. The first kappa shape index (κ1) is 17.2. The smallest absolute Gasteiger partial charge is 0.211 e. The van der Waals surface area contributed by atoms with Crippen LogP contribution >= 0.6 is 0 Å². The van der Waals surface area contributed by atoms with Crippen LogP contribution < -0.4 is 15.4 Å². The molecule has 4 rings (SSSR count). The summed E-state index contributed by atoms with van der Waals surface area (Å²) in [4.78, 5) is 4.82. The summed E-state index contributed by atoms with van der Waals surface area (Å²) in [5.74, 6) is 2.30. The van der Waals surface area contributed by atoms with E-state index < -0.39 is 0 Å². The average Bonchev–Trinajstić information content (AvgIpc) is 3.17. The van der Waals surface area contributed by atoms with Gasteiger partial charge in [0.25, 0.3) is 0 Å². The highest BCUT2D eigenvalue weighted by molar-refractivity contribution is 5.93. The zero-order valence-electron chi connectivity index (χ0n) is 15.4. The predicted octanol–water partition coefficient (Wildman–Crippen LogP) is 2.97. The zero-order chi connectivity index (χ0) is 18.6. The van der Waals surface area contributed by atoms with Crippen LogP contribution in [-0.2, 0) is 0 Å². The van der Waals surface area contributed by atoms with Crippen molar-refractivity contribution in [1.29, 1.82) is 0 Å². The van der Waals surface area contributed by atoms with Crippen LogP contribution in [0.4, 0.5) is 5.95 Å². The summed E-state index contributed by atoms with van der Waals surface area (Å²) in [5, 5.41) is 16.5. The van der Waals surface area contributed by atoms with E-state index in [2.05, 4.69) is 20.8 Å². The lowest BCUT2D eigenvalue weighted by Crippen LogP contribution is -2.15. The average molecular weight is 362 g/mol. The lowest BCUT2D eigenvalue weighted by Gasteiger charge is -2.11. The molecule has 0 atom stereocenters. The summed E-state index contributed by atoms with van der Waals surface area (Å²) in [6, 6.07) is 15.8. The van der Waals surface area contributed by atoms with Crippen molar-refractivity contribution in [2.24, 2.45) is 0 Å². The van der Waals surface area contributed by atoms with Crippen molar-refractivity contribution >= 4 is 22.5 Å². The van der Waals surface area contributed by atoms with Crippen LogP contribution in [0.1, 0.15) is 6.42 Å². The first-order valence-corrected chi connectivity index (χ1v) is 8.98. The van der Waals surface area contributed by atoms with Crippen molar-refractivity contribution < 1.29 is 4.74 Å².